The summed E-state index contributed by atoms with van der Waals surface area (Å²) in [7, 11) is -4.46. The van der Waals surface area contributed by atoms with E-state index in [9.17, 15) is 61.9 Å². The zero-order valence-corrected chi connectivity index (χ0v) is 63.1. The number of halogens is 6. The number of aromatic amines is 2. The van der Waals surface area contributed by atoms with E-state index < -0.39 is 126 Å². The number of carbonyl (C=O) groups excluding carboxylic acids is 3. The van der Waals surface area contributed by atoms with Gasteiger partial charge < -0.3 is 70.7 Å². The largest absolute Gasteiger partial charge is 1.00 e. The second-order valence-electron chi connectivity index (χ2n) is 22.7. The van der Waals surface area contributed by atoms with Gasteiger partial charge in [0.15, 0.2) is 18.5 Å². The number of hydrogen-bond donors (Lipinski definition) is 8. The van der Waals surface area contributed by atoms with Crippen LogP contribution in [0.4, 0.5) is 8.78 Å². The van der Waals surface area contributed by atoms with Gasteiger partial charge in [0.05, 0.1) is 29.3 Å². The van der Waals surface area contributed by atoms with Gasteiger partial charge in [0.1, 0.15) is 54.8 Å². The second-order valence-corrected chi connectivity index (χ2v) is 34.2. The Bertz CT molecular complexity index is 3820. The maximum atomic E-state index is 16.2. The normalized spacial score (nSPS) is 24.3. The van der Waals surface area contributed by atoms with Crippen LogP contribution in [0.15, 0.2) is 135 Å². The number of carbonyl (C=O) groups is 3. The first-order chi connectivity index (χ1) is 47.1. The number of ether oxygens (including phenoxy) is 5. The van der Waals surface area contributed by atoms with Crippen LogP contribution < -0.4 is 64.4 Å². The molecule has 101 heavy (non-hydrogen) atoms. The Balaban J connectivity index is 0.000000295. The molecule has 29 nitrogen and oxygen atoms in total. The number of alkyl halides is 2. The van der Waals surface area contributed by atoms with E-state index in [0.29, 0.717) is 55.5 Å². The third-order valence-corrected chi connectivity index (χ3v) is 22.0. The molecule has 0 saturated carbocycles. The van der Waals surface area contributed by atoms with E-state index in [4.69, 9.17) is 76.1 Å². The van der Waals surface area contributed by atoms with Gasteiger partial charge in [0.2, 0.25) is 0 Å². The number of aliphatic hydroxyl groups is 3. The summed E-state index contributed by atoms with van der Waals surface area (Å²) in [6, 6.07) is 25.0. The predicted octanol–water partition coefficient (Wildman–Crippen LogP) is 5.80. The molecular weight excluding hydrogens is 1520 g/mol. The Labute approximate surface area is 609 Å². The van der Waals surface area contributed by atoms with Crippen molar-refractivity contribution >= 4 is 95.8 Å². The summed E-state index contributed by atoms with van der Waals surface area (Å²) in [5.41, 5.74) is 0.734. The Kier molecular flexibility index (Phi) is 35.8. The lowest BCUT2D eigenvalue weighted by atomic mass is 9.93. The average molecular weight is 1600 g/mol. The van der Waals surface area contributed by atoms with Crippen LogP contribution in [0.5, 0.6) is 17.2 Å². The van der Waals surface area contributed by atoms with Crippen molar-refractivity contribution in [3.63, 3.8) is 0 Å². The zero-order valence-electron chi connectivity index (χ0n) is 55.7. The van der Waals surface area contributed by atoms with Crippen molar-refractivity contribution in [2.24, 2.45) is 0 Å². The highest BCUT2D eigenvalue weighted by Gasteiger charge is 2.70. The highest BCUT2D eigenvalue weighted by Crippen LogP contribution is 2.62. The first-order valence-electron chi connectivity index (χ1n) is 31.4. The van der Waals surface area contributed by atoms with E-state index >= 15 is 4.39 Å². The molecule has 40 heteroatoms. The van der Waals surface area contributed by atoms with E-state index in [1.54, 1.807) is 85.8 Å². The first-order valence-corrected chi connectivity index (χ1v) is 40.9. The highest BCUT2D eigenvalue weighted by atomic mass is 35.9. The molecule has 2 aromatic heterocycles. The number of thioether (sulfide) groups is 2. The molecule has 0 aliphatic carbocycles. The molecule has 0 bridgehead atoms. The lowest BCUT2D eigenvalue weighted by Crippen LogP contribution is -3.00. The van der Waals surface area contributed by atoms with Gasteiger partial charge in [-0.1, -0.05) is 94.6 Å². The molecule has 4 fully saturated rings. The standard InChI is InChI=1S/C24H31FN3O9PS.C13H19ClNO4P.C11H13FN2O5S.C7H15NO2.C6H5Cl2O2P.ClH/c1-3-4-13-34-19(30)16(2)27-38(33,37-17-8-6-5-7-9-17)35-15-24(25)20(31)23(11-14-39-23)21(36-24)28-12-10-18(29)26-22(28)32;1-3-4-10-18-13(16)11(2)15-20(14,17)19-12-8-6-5-7-9-12;12-11(5-15)7(17)10(2-4-20-10)8(19-11)14-3-1-6(16)13-9(14)18;1-3-4-5-10-7(9)6(2)8;7-11(8,9)10-6-4-2-1-3-5-6;/h5-10,12,16,20-21,31H,3-4,11,13-15H2,1-2H3,(H,27,33)(H,26,29,32);5-9,11H,3-4,10H2,1-2H3,(H,15,17);1,3,7-8,15,17H,2,4-5H2,(H,13,16,18);6H,3-5,8H2,1-2H3;1-5H;1H/t16-,20-,21+,23+,24+,38?;11-,20?;7-,8+,10+,11+;6-;;/m0000../s1. The minimum Gasteiger partial charge on any atom is -1.00 e. The molecular formula is C61H84Cl4F2N7O22P3S2. The average Bonchev–Trinajstić information content (AvgIpc) is 1.57. The molecule has 4 aliphatic heterocycles. The van der Waals surface area contributed by atoms with Gasteiger partial charge in [0, 0.05) is 58.2 Å². The van der Waals surface area contributed by atoms with Crippen LogP contribution in [0.1, 0.15) is 105 Å². The SMILES string of the molecule is CCCCOC(=O)[C@H](C)NP(=O)(Cl)Oc1ccccc1.CCCCOC(=O)[C@H](C)NP(=O)(OC[C@@]1(F)O[C@@H](n2ccc(=O)[nH]c2=O)[C@@]2(CCS2)[C@@H]1O)Oc1ccccc1.CCCCOC(=O)[C@H](C)[NH3+].O=P(Cl)(Cl)Oc1ccccc1.O=c1ccn([C@@H]2O[C@](F)(CO)[C@@H](O)[C@]23CCS3)c(=O)[nH]1.[Cl-]. The monoisotopic (exact) mass is 1600 g/mol. The molecule has 13 atom stereocenters. The number of unbranched alkanes of at least 4 members (excludes halogenated alkanes) is 3. The summed E-state index contributed by atoms with van der Waals surface area (Å²) in [4.78, 5) is 85.7. The maximum Gasteiger partial charge on any atom is 0.459 e. The fourth-order valence-electron chi connectivity index (χ4n) is 9.29. The molecule has 9 rings (SSSR count). The topological polar surface area (TPSA) is 408 Å². The van der Waals surface area contributed by atoms with Crippen molar-refractivity contribution in [2.45, 2.75) is 157 Å². The Hall–Kier alpha value is -5.12. The number of aliphatic hydroxyl groups excluding tert-OH is 3. The zero-order chi connectivity index (χ0) is 74.1. The third-order valence-electron chi connectivity index (χ3n) is 14.7. The van der Waals surface area contributed by atoms with Gasteiger partial charge in [-0.2, -0.15) is 5.09 Å². The van der Waals surface area contributed by atoms with Gasteiger partial charge >= 0.3 is 50.0 Å². The van der Waals surface area contributed by atoms with Crippen molar-refractivity contribution in [1.29, 1.82) is 0 Å². The van der Waals surface area contributed by atoms with E-state index in [2.05, 4.69) is 37.3 Å². The molecule has 2 spiro atoms. The van der Waals surface area contributed by atoms with E-state index in [1.165, 1.54) is 55.7 Å². The number of nitrogens with one attached hydrogen (secondary N) is 4. The van der Waals surface area contributed by atoms with Crippen LogP contribution >= 0.6 is 77.9 Å². The molecule has 2 unspecified atom stereocenters. The number of rotatable bonds is 28. The van der Waals surface area contributed by atoms with Crippen LogP contribution in [-0.2, 0) is 56.3 Å². The number of esters is 3. The summed E-state index contributed by atoms with van der Waals surface area (Å²) in [6.45, 7) is 5.96. The molecule has 4 saturated heterocycles. The van der Waals surface area contributed by atoms with Crippen molar-refractivity contribution in [3.8, 4) is 17.2 Å². The number of aromatic nitrogens is 4. The van der Waals surface area contributed by atoms with Crippen LogP contribution in [-0.4, -0.2) is 148 Å². The van der Waals surface area contributed by atoms with Gasteiger partial charge in [0.25, 0.3) is 22.8 Å². The molecule has 3 aromatic carbocycles. The lowest BCUT2D eigenvalue weighted by Gasteiger charge is -2.43. The number of quaternary nitrogens is 1. The predicted molar refractivity (Wildman–Crippen MR) is 372 cm³/mol. The van der Waals surface area contributed by atoms with Crippen molar-refractivity contribution in [3.05, 3.63) is 157 Å². The number of benzene rings is 3. The van der Waals surface area contributed by atoms with Crippen molar-refractivity contribution < 1.29 is 112 Å². The summed E-state index contributed by atoms with van der Waals surface area (Å²) in [6.07, 6.45) is -0.902. The fourth-order valence-corrected chi connectivity index (χ4v) is 16.0. The highest BCUT2D eigenvalue weighted by molar-refractivity contribution is 8.05. The molecule has 0 amide bonds. The number of H-pyrrole nitrogens is 2. The molecule has 10 N–H and O–H groups in total. The van der Waals surface area contributed by atoms with Gasteiger partial charge in [-0.15, -0.1) is 23.5 Å². The summed E-state index contributed by atoms with van der Waals surface area (Å²) in [5.74, 6) is -4.81. The summed E-state index contributed by atoms with van der Waals surface area (Å²) in [5, 5.41) is 35.2. The molecule has 6 heterocycles. The summed E-state index contributed by atoms with van der Waals surface area (Å²) >= 11 is 18.6. The number of para-hydroxylation sites is 3. The van der Waals surface area contributed by atoms with Gasteiger partial charge in [-0.25, -0.2) is 41.9 Å². The minimum atomic E-state index is -4.46. The Morgan fingerprint density at radius 1 is 0.624 bits per heavy atom. The van der Waals surface area contributed by atoms with Crippen LogP contribution in [0.3, 0.4) is 0 Å². The van der Waals surface area contributed by atoms with Crippen LogP contribution in [0.25, 0.3) is 0 Å². The Morgan fingerprint density at radius 3 is 1.35 bits per heavy atom. The molecule has 5 aromatic rings. The van der Waals surface area contributed by atoms with Crippen LogP contribution in [0, 0.1) is 0 Å². The minimum absolute atomic E-state index is 0. The van der Waals surface area contributed by atoms with Crippen molar-refractivity contribution in [1.82, 2.24) is 29.3 Å². The lowest BCUT2D eigenvalue weighted by molar-refractivity contribution is -0.402. The van der Waals surface area contributed by atoms with Gasteiger partial charge in [-0.05, 0) is 101 Å². The third kappa shape index (κ3) is 26.2. The van der Waals surface area contributed by atoms with E-state index in [1.807, 2.05) is 13.8 Å². The van der Waals surface area contributed by atoms with Crippen LogP contribution in [0.2, 0.25) is 0 Å². The second kappa shape index (κ2) is 41.0. The van der Waals surface area contributed by atoms with Crippen molar-refractivity contribution in [2.75, 3.05) is 44.5 Å². The number of nitrogens with zero attached hydrogens (tertiary/aromatic N) is 2. The van der Waals surface area contributed by atoms with E-state index in [-0.39, 0.29) is 36.8 Å². The molecule has 0 radical (unpaired) electrons. The first kappa shape index (κ1) is 88.3. The fraction of sp³-hybridized carbons (Fsp3) is 0.525. The smallest absolute Gasteiger partial charge is 0.459 e. The number of hydrogen-bond acceptors (Lipinski definition) is 24. The molecule has 4 aliphatic rings. The summed E-state index contributed by atoms with van der Waals surface area (Å²) < 4.78 is 113. The maximum absolute atomic E-state index is 16.2. The molecule has 564 valence electrons. The van der Waals surface area contributed by atoms with Gasteiger partial charge in [-0.3, -0.25) is 42.8 Å². The Morgan fingerprint density at radius 2 is 0.990 bits per heavy atom. The van der Waals surface area contributed by atoms with E-state index in [0.717, 1.165) is 59.6 Å². The quantitative estimate of drug-likeness (QED) is 0.0127.